The molecule has 496 valence electrons. The van der Waals surface area contributed by atoms with E-state index in [4.69, 9.17) is 0 Å². The summed E-state index contributed by atoms with van der Waals surface area (Å²) in [5.74, 6) is -12.0. The van der Waals surface area contributed by atoms with E-state index in [9.17, 15) is 58.2 Å². The number of nitrogens with one attached hydrogen (secondary N) is 4. The first-order chi connectivity index (χ1) is 40.1. The lowest BCUT2D eigenvalue weighted by atomic mass is 9.91. The summed E-state index contributed by atoms with van der Waals surface area (Å²) < 4.78 is 0. The first kappa shape index (κ1) is 78.4. The van der Waals surface area contributed by atoms with E-state index in [1.165, 1.54) is 101 Å². The molecular formula is C62H109N11O14. The van der Waals surface area contributed by atoms with E-state index in [1.807, 2.05) is 55.4 Å². The average molecular weight is 1230 g/mol. The molecule has 25 nitrogen and oxygen atoms in total. The maximum absolute atomic E-state index is 15.1. The van der Waals surface area contributed by atoms with Crippen molar-refractivity contribution in [2.75, 3.05) is 55.9 Å². The average Bonchev–Trinajstić information content (AvgIpc) is 1.19. The molecule has 1 saturated heterocycles. The van der Waals surface area contributed by atoms with E-state index < -0.39 is 162 Å². The molecule has 25 heteroatoms. The Hall–Kier alpha value is -6.66. The first-order valence-electron chi connectivity index (χ1n) is 30.7. The van der Waals surface area contributed by atoms with Crippen LogP contribution in [0.5, 0.6) is 0 Å². The summed E-state index contributed by atoms with van der Waals surface area (Å²) in [5, 5.41) is 32.3. The molecule has 1 heterocycles. The van der Waals surface area contributed by atoms with Crippen LogP contribution in [0.3, 0.4) is 0 Å². The van der Waals surface area contributed by atoms with Crippen molar-refractivity contribution in [2.45, 2.75) is 216 Å². The van der Waals surface area contributed by atoms with E-state index in [0.717, 1.165) is 15.9 Å². The number of aliphatic hydroxyl groups is 1. The molecule has 0 radical (unpaired) electrons. The molecule has 1 aliphatic heterocycles. The van der Waals surface area contributed by atoms with Crippen LogP contribution in [0.4, 0.5) is 0 Å². The van der Waals surface area contributed by atoms with Gasteiger partial charge in [-0.15, -0.1) is 0 Å². The Bertz CT molecular complexity index is 2430. The van der Waals surface area contributed by atoms with Crippen molar-refractivity contribution in [2.24, 2.45) is 41.4 Å². The van der Waals surface area contributed by atoms with Crippen molar-refractivity contribution in [1.29, 1.82) is 0 Å². The van der Waals surface area contributed by atoms with Gasteiger partial charge < -0.3 is 65.8 Å². The highest BCUT2D eigenvalue weighted by Crippen LogP contribution is 2.26. The van der Waals surface area contributed by atoms with Crippen LogP contribution in [0.1, 0.15) is 149 Å². The molecule has 11 amide bonds. The van der Waals surface area contributed by atoms with Crippen LogP contribution in [-0.2, 0) is 57.5 Å². The van der Waals surface area contributed by atoms with Gasteiger partial charge in [0.25, 0.3) is 0 Å². The van der Waals surface area contributed by atoms with Gasteiger partial charge in [0.05, 0.1) is 12.6 Å². The third kappa shape index (κ3) is 22.5. The highest BCUT2D eigenvalue weighted by Gasteiger charge is 2.46. The number of allylic oxidation sites excluding steroid dienone is 1. The Morgan fingerprint density at radius 2 is 0.897 bits per heavy atom. The number of nitrogens with zero attached hydrogens (tertiary/aromatic N) is 7. The van der Waals surface area contributed by atoms with Crippen LogP contribution in [0.2, 0.25) is 0 Å². The Morgan fingerprint density at radius 3 is 1.34 bits per heavy atom. The van der Waals surface area contributed by atoms with Crippen molar-refractivity contribution in [1.82, 2.24) is 55.6 Å². The van der Waals surface area contributed by atoms with Crippen LogP contribution in [-0.4, -0.2) is 238 Å². The molecule has 1 rings (SSSR count). The first-order valence-corrected chi connectivity index (χ1v) is 30.7. The summed E-state index contributed by atoms with van der Waals surface area (Å²) >= 11 is 0. The number of hydrogen-bond donors (Lipinski definition) is 6. The predicted molar refractivity (Wildman–Crippen MR) is 330 cm³/mol. The van der Waals surface area contributed by atoms with Crippen molar-refractivity contribution < 1.29 is 67.7 Å². The van der Waals surface area contributed by atoms with Gasteiger partial charge in [0.2, 0.25) is 65.0 Å². The quantitative estimate of drug-likeness (QED) is 0.121. The van der Waals surface area contributed by atoms with E-state index in [0.29, 0.717) is 0 Å². The predicted octanol–water partition coefficient (Wildman–Crippen LogP) is 2.33. The number of amides is 11. The smallest absolute Gasteiger partial charge is 0.327 e. The van der Waals surface area contributed by atoms with E-state index in [2.05, 4.69) is 21.3 Å². The normalized spacial score (nSPS) is 26.5. The fraction of sp³-hybridized carbons (Fsp3) is 0.774. The molecule has 0 aromatic heterocycles. The van der Waals surface area contributed by atoms with Crippen molar-refractivity contribution in [3.05, 3.63) is 12.2 Å². The van der Waals surface area contributed by atoms with Gasteiger partial charge in [-0.2, -0.15) is 0 Å². The maximum Gasteiger partial charge on any atom is 0.327 e. The molecule has 0 saturated carbocycles. The van der Waals surface area contributed by atoms with Gasteiger partial charge in [0.1, 0.15) is 60.4 Å². The topological polar surface area (TPSA) is 316 Å². The third-order valence-corrected chi connectivity index (χ3v) is 16.1. The van der Waals surface area contributed by atoms with E-state index in [-0.39, 0.29) is 62.2 Å². The lowest BCUT2D eigenvalue weighted by molar-refractivity contribution is -0.157. The number of carbonyl (C=O) groups is 12. The fourth-order valence-electron chi connectivity index (χ4n) is 10.7. The summed E-state index contributed by atoms with van der Waals surface area (Å²) in [5.41, 5.74) is 0. The highest BCUT2D eigenvalue weighted by molar-refractivity contribution is 5.99. The van der Waals surface area contributed by atoms with Gasteiger partial charge in [-0.3, -0.25) is 52.7 Å². The van der Waals surface area contributed by atoms with Gasteiger partial charge in [-0.05, 0) is 93.8 Å². The van der Waals surface area contributed by atoms with Crippen LogP contribution in [0.15, 0.2) is 12.2 Å². The summed E-state index contributed by atoms with van der Waals surface area (Å²) in [7, 11) is 9.63. The number of carboxylic acid groups (broad SMARTS) is 1. The number of rotatable bonds is 16. The largest absolute Gasteiger partial charge is 0.478 e. The minimum Gasteiger partial charge on any atom is -0.478 e. The Labute approximate surface area is 517 Å². The minimum absolute atomic E-state index is 0.0438. The second-order valence-corrected chi connectivity index (χ2v) is 26.3. The van der Waals surface area contributed by atoms with Crippen molar-refractivity contribution >= 4 is 70.9 Å². The molecule has 0 spiro atoms. The summed E-state index contributed by atoms with van der Waals surface area (Å²) in [6, 6.07) is -12.9. The van der Waals surface area contributed by atoms with Gasteiger partial charge in [-0.25, -0.2) is 4.79 Å². The molecule has 0 unspecified atom stereocenters. The molecular weight excluding hydrogens is 1120 g/mol. The molecule has 1 fully saturated rings. The van der Waals surface area contributed by atoms with Gasteiger partial charge in [0.15, 0.2) is 0 Å². The zero-order valence-electron chi connectivity index (χ0n) is 56.4. The van der Waals surface area contributed by atoms with Gasteiger partial charge in [-0.1, -0.05) is 103 Å². The third-order valence-electron chi connectivity index (χ3n) is 16.1. The molecule has 0 aromatic carbocycles. The zero-order chi connectivity index (χ0) is 67.6. The molecule has 0 bridgehead atoms. The summed E-state index contributed by atoms with van der Waals surface area (Å²) in [4.78, 5) is 180. The van der Waals surface area contributed by atoms with Crippen LogP contribution >= 0.6 is 0 Å². The molecule has 6 N–H and O–H groups in total. The second-order valence-electron chi connectivity index (χ2n) is 26.3. The molecule has 0 aromatic rings. The molecule has 0 aliphatic carbocycles. The molecule has 12 atom stereocenters. The Balaban J connectivity index is 4.35. The highest BCUT2D eigenvalue weighted by atomic mass is 16.4. The Kier molecular flexibility index (Phi) is 31.8. The fourth-order valence-corrected chi connectivity index (χ4v) is 10.7. The molecule has 87 heavy (non-hydrogen) atoms. The maximum atomic E-state index is 15.1. The van der Waals surface area contributed by atoms with Crippen molar-refractivity contribution in [3.63, 3.8) is 0 Å². The lowest BCUT2D eigenvalue weighted by Crippen LogP contribution is -2.63. The number of hydrogen-bond acceptors (Lipinski definition) is 13. The number of aliphatic hydroxyl groups excluding tert-OH is 1. The van der Waals surface area contributed by atoms with E-state index in [1.54, 1.807) is 34.6 Å². The van der Waals surface area contributed by atoms with Crippen LogP contribution < -0.4 is 21.3 Å². The second kappa shape index (κ2) is 35.4. The summed E-state index contributed by atoms with van der Waals surface area (Å²) in [6.07, 6.45) is 0.834. The SMILES string of the molecule is CC[C@@H]1NC(=O)[C@H]([C@H](O)[C@H](C)C/C=C/C(=O)O)N(C)C(=O)[C@H](C(C)C)N(C)C(=O)[C@H](CC(C)C)N(C)C(=O)[C@H](CC(C)C)N(C)C(=O)[C@@H](C)NC(=O)[C@H](C)NC(=O)[C@H](CC(C)C)N(C)C(=O)[C@H](C(C)C)NC(=O)[C@H](CC(C)C)N(C)C(=O)CN(C)C1=O. The standard InChI is InChI=1S/C62H109N11O14/c1-24-42-58(83)67(17)32-47(74)68(18)43(28-33(2)3)55(80)66-49(37(10)11)61(86)69(19)44(29-34(4)5)54(79)63-40(15)53(78)64-41(16)57(82)70(20)45(30-35(6)7)59(84)71(21)46(31-36(8)9)60(85)72(22)50(38(12)13)62(87)73(23)51(56(81)65-42)52(77)39(14)26-25-27-48(75)76/h25,27,33-46,49-52,77H,24,26,28-32H2,1-23H3,(H,63,79)(H,64,78)(H,65,81)(H,66,80)(H,75,76)/b27-25+/t39-,40+,41-,42+,43+,44+,45+,46+,49+,50+,51+,52-/m1/s1. The van der Waals surface area contributed by atoms with Gasteiger partial charge in [0, 0.05) is 55.4 Å². The van der Waals surface area contributed by atoms with Crippen LogP contribution in [0.25, 0.3) is 0 Å². The Morgan fingerprint density at radius 1 is 0.483 bits per heavy atom. The van der Waals surface area contributed by atoms with Crippen molar-refractivity contribution in [3.8, 4) is 0 Å². The minimum atomic E-state index is -1.76. The number of likely N-dealkylation sites (N-methyl/N-ethyl adjacent to an activating group) is 7. The van der Waals surface area contributed by atoms with E-state index >= 15 is 9.59 Å². The number of carbonyl (C=O) groups excluding carboxylic acids is 11. The lowest BCUT2D eigenvalue weighted by Gasteiger charge is -2.41. The molecule has 1 aliphatic rings. The van der Waals surface area contributed by atoms with Gasteiger partial charge >= 0.3 is 5.97 Å². The monoisotopic (exact) mass is 1230 g/mol. The van der Waals surface area contributed by atoms with Crippen LogP contribution in [0, 0.1) is 41.4 Å². The zero-order valence-corrected chi connectivity index (χ0v) is 56.4. The summed E-state index contributed by atoms with van der Waals surface area (Å²) in [6.45, 7) is 26.9. The number of carboxylic acids is 1. The number of aliphatic carboxylic acids is 1.